The van der Waals surface area contributed by atoms with Crippen molar-refractivity contribution in [3.05, 3.63) is 42.6 Å². The van der Waals surface area contributed by atoms with Gasteiger partial charge in [0.05, 0.1) is 10.6 Å². The van der Waals surface area contributed by atoms with Gasteiger partial charge in [-0.15, -0.1) is 24.8 Å². The molecule has 1 aromatic heterocycles. The summed E-state index contributed by atoms with van der Waals surface area (Å²) < 4.78 is 5.05. The number of hydrogen-bond donors (Lipinski definition) is 0. The van der Waals surface area contributed by atoms with E-state index in [9.17, 15) is 4.79 Å². The maximum atomic E-state index is 10.9. The molecule has 2 aliphatic rings. The van der Waals surface area contributed by atoms with Gasteiger partial charge in [-0.2, -0.15) is 0 Å². The second kappa shape index (κ2) is 12.5. The van der Waals surface area contributed by atoms with E-state index in [1.807, 2.05) is 12.3 Å². The number of rotatable bonds is 7. The first-order chi connectivity index (χ1) is 14.2. The molecule has 0 atom stereocenters. The summed E-state index contributed by atoms with van der Waals surface area (Å²) in [6.07, 6.45) is 2.98. The van der Waals surface area contributed by atoms with Crippen LogP contribution in [0.4, 0.5) is 11.5 Å². The van der Waals surface area contributed by atoms with E-state index in [2.05, 4.69) is 50.0 Å². The van der Waals surface area contributed by atoms with E-state index in [-0.39, 0.29) is 30.8 Å². The van der Waals surface area contributed by atoms with Crippen molar-refractivity contribution in [3.8, 4) is 0 Å². The van der Waals surface area contributed by atoms with Gasteiger partial charge in [-0.25, -0.2) is 4.98 Å². The lowest BCUT2D eigenvalue weighted by Crippen LogP contribution is -2.47. The molecular weight excluding hydrogens is 455 g/mol. The first kappa shape index (κ1) is 25.7. The fourth-order valence-electron chi connectivity index (χ4n) is 3.90. The van der Waals surface area contributed by atoms with Crippen molar-refractivity contribution >= 4 is 54.1 Å². The van der Waals surface area contributed by atoms with Crippen LogP contribution in [0.15, 0.2) is 52.4 Å². The Hall–Kier alpha value is -1.51. The Morgan fingerprint density at radius 3 is 2.39 bits per heavy atom. The zero-order valence-electron chi connectivity index (χ0n) is 17.7. The maximum absolute atomic E-state index is 10.9. The van der Waals surface area contributed by atoms with Gasteiger partial charge in [-0.3, -0.25) is 9.69 Å². The molecule has 1 saturated heterocycles. The highest BCUT2D eigenvalue weighted by Crippen LogP contribution is 2.46. The number of pyridine rings is 1. The van der Waals surface area contributed by atoms with Crippen molar-refractivity contribution in [2.75, 3.05) is 57.3 Å². The number of para-hydroxylation sites is 1. The van der Waals surface area contributed by atoms with Crippen LogP contribution in [-0.2, 0) is 9.53 Å². The van der Waals surface area contributed by atoms with E-state index in [0.717, 1.165) is 58.1 Å². The zero-order chi connectivity index (χ0) is 20.1. The Bertz CT molecular complexity index is 804. The SMILES string of the molecule is CC(=O)OCCN1CCN(CCCN2c3ccccc3Sc3cccnc32)CC1.Cl.Cl. The summed E-state index contributed by atoms with van der Waals surface area (Å²) in [5, 5.41) is 0. The van der Waals surface area contributed by atoms with Gasteiger partial charge in [-0.05, 0) is 37.2 Å². The molecule has 9 heteroatoms. The number of hydrogen-bond acceptors (Lipinski definition) is 7. The van der Waals surface area contributed by atoms with Crippen LogP contribution in [0.3, 0.4) is 0 Å². The van der Waals surface area contributed by atoms with Crippen LogP contribution in [0, 0.1) is 0 Å². The molecule has 3 heterocycles. The third-order valence-corrected chi connectivity index (χ3v) is 6.52. The van der Waals surface area contributed by atoms with E-state index in [4.69, 9.17) is 4.74 Å². The molecular formula is C22H30Cl2N4O2S. The molecule has 1 aromatic carbocycles. The topological polar surface area (TPSA) is 48.9 Å². The van der Waals surface area contributed by atoms with Crippen molar-refractivity contribution < 1.29 is 9.53 Å². The molecule has 0 saturated carbocycles. The third-order valence-electron chi connectivity index (χ3n) is 5.42. The molecule has 1 fully saturated rings. The summed E-state index contributed by atoms with van der Waals surface area (Å²) >= 11 is 1.80. The number of esters is 1. The zero-order valence-corrected chi connectivity index (χ0v) is 20.2. The van der Waals surface area contributed by atoms with E-state index in [1.165, 1.54) is 22.4 Å². The minimum Gasteiger partial charge on any atom is -0.465 e. The molecule has 0 unspecified atom stereocenters. The van der Waals surface area contributed by atoms with E-state index in [1.54, 1.807) is 11.8 Å². The van der Waals surface area contributed by atoms with Crippen LogP contribution < -0.4 is 4.90 Å². The quantitative estimate of drug-likeness (QED) is 0.548. The van der Waals surface area contributed by atoms with Crippen molar-refractivity contribution in [1.29, 1.82) is 0 Å². The predicted molar refractivity (Wildman–Crippen MR) is 130 cm³/mol. The molecule has 0 bridgehead atoms. The highest BCUT2D eigenvalue weighted by molar-refractivity contribution is 7.99. The number of halogens is 2. The second-order valence-electron chi connectivity index (χ2n) is 7.42. The lowest BCUT2D eigenvalue weighted by molar-refractivity contribution is -0.141. The summed E-state index contributed by atoms with van der Waals surface area (Å²) in [5.41, 5.74) is 1.26. The molecule has 170 valence electrons. The van der Waals surface area contributed by atoms with E-state index < -0.39 is 0 Å². The van der Waals surface area contributed by atoms with Crippen LogP contribution >= 0.6 is 36.6 Å². The Morgan fingerprint density at radius 1 is 0.968 bits per heavy atom. The number of anilines is 2. The fourth-order valence-corrected chi connectivity index (χ4v) is 4.96. The Balaban J connectivity index is 0.00000171. The Kier molecular flexibility index (Phi) is 10.4. The summed E-state index contributed by atoms with van der Waals surface area (Å²) in [6.45, 7) is 9.06. The van der Waals surface area contributed by atoms with Crippen molar-refractivity contribution in [2.24, 2.45) is 0 Å². The lowest BCUT2D eigenvalue weighted by atomic mass is 10.2. The van der Waals surface area contributed by atoms with Gasteiger partial charge in [0.15, 0.2) is 0 Å². The molecule has 0 aliphatic carbocycles. The summed E-state index contributed by atoms with van der Waals surface area (Å²) in [6, 6.07) is 12.8. The molecule has 31 heavy (non-hydrogen) atoms. The van der Waals surface area contributed by atoms with Crippen LogP contribution in [0.5, 0.6) is 0 Å². The smallest absolute Gasteiger partial charge is 0.302 e. The van der Waals surface area contributed by atoms with E-state index in [0.29, 0.717) is 6.61 Å². The number of carbonyl (C=O) groups excluding carboxylic acids is 1. The molecule has 2 aliphatic heterocycles. The highest BCUT2D eigenvalue weighted by Gasteiger charge is 2.24. The monoisotopic (exact) mass is 484 g/mol. The summed E-state index contributed by atoms with van der Waals surface area (Å²) in [7, 11) is 0. The van der Waals surface area contributed by atoms with Crippen molar-refractivity contribution in [1.82, 2.24) is 14.8 Å². The minimum atomic E-state index is -0.197. The van der Waals surface area contributed by atoms with Gasteiger partial charge in [0, 0.05) is 57.3 Å². The number of fused-ring (bicyclic) bond motifs is 2. The Morgan fingerprint density at radius 2 is 1.65 bits per heavy atom. The molecule has 0 radical (unpaired) electrons. The maximum Gasteiger partial charge on any atom is 0.302 e. The average molecular weight is 485 g/mol. The number of piperazine rings is 1. The van der Waals surface area contributed by atoms with Gasteiger partial charge < -0.3 is 14.5 Å². The first-order valence-electron chi connectivity index (χ1n) is 10.3. The van der Waals surface area contributed by atoms with Crippen LogP contribution in [0.1, 0.15) is 13.3 Å². The molecule has 0 spiro atoms. The number of carbonyl (C=O) groups is 1. The molecule has 2 aromatic rings. The predicted octanol–water partition coefficient (Wildman–Crippen LogP) is 4.10. The van der Waals surface area contributed by atoms with Crippen molar-refractivity contribution in [2.45, 2.75) is 23.1 Å². The molecule has 0 N–H and O–H groups in total. The fraction of sp³-hybridized carbons (Fsp3) is 0.455. The third kappa shape index (κ3) is 6.73. The van der Waals surface area contributed by atoms with Gasteiger partial charge in [0.2, 0.25) is 0 Å². The van der Waals surface area contributed by atoms with Gasteiger partial charge in [0.25, 0.3) is 0 Å². The van der Waals surface area contributed by atoms with Gasteiger partial charge >= 0.3 is 5.97 Å². The first-order valence-corrected chi connectivity index (χ1v) is 11.1. The number of nitrogens with zero attached hydrogens (tertiary/aromatic N) is 4. The van der Waals surface area contributed by atoms with Crippen LogP contribution in [0.25, 0.3) is 0 Å². The van der Waals surface area contributed by atoms with Crippen LogP contribution in [-0.4, -0.2) is 73.2 Å². The van der Waals surface area contributed by atoms with Gasteiger partial charge in [0.1, 0.15) is 12.4 Å². The average Bonchev–Trinajstić information content (AvgIpc) is 2.74. The normalized spacial score (nSPS) is 15.8. The number of benzene rings is 1. The largest absolute Gasteiger partial charge is 0.465 e. The highest BCUT2D eigenvalue weighted by atomic mass is 35.5. The van der Waals surface area contributed by atoms with Crippen LogP contribution in [0.2, 0.25) is 0 Å². The number of aromatic nitrogens is 1. The summed E-state index contributed by atoms with van der Waals surface area (Å²) in [4.78, 5) is 25.4. The van der Waals surface area contributed by atoms with E-state index >= 15 is 0 Å². The van der Waals surface area contributed by atoms with Gasteiger partial charge in [-0.1, -0.05) is 23.9 Å². The van der Waals surface area contributed by atoms with Crippen molar-refractivity contribution in [3.63, 3.8) is 0 Å². The lowest BCUT2D eigenvalue weighted by Gasteiger charge is -2.35. The molecule has 0 amide bonds. The molecule has 4 rings (SSSR count). The minimum absolute atomic E-state index is 0. The second-order valence-corrected chi connectivity index (χ2v) is 8.51. The number of ether oxygens (including phenoxy) is 1. The standard InChI is InChI=1S/C22H28N4O2S.2ClH/c1-18(27)28-17-16-25-14-12-24(13-15-25)10-5-11-26-19-6-2-3-7-20(19)29-21-8-4-9-23-22(21)26;;/h2-4,6-9H,5,10-17H2,1H3;2*1H. The molecule has 6 nitrogen and oxygen atoms in total. The summed E-state index contributed by atoms with van der Waals surface area (Å²) in [5.74, 6) is 0.879. The Labute approximate surface area is 201 Å².